The van der Waals surface area contributed by atoms with Crippen molar-refractivity contribution in [3.8, 4) is 0 Å². The summed E-state index contributed by atoms with van der Waals surface area (Å²) in [4.78, 5) is 3.27. The van der Waals surface area contributed by atoms with Crippen molar-refractivity contribution in [2.24, 2.45) is 5.73 Å². The van der Waals surface area contributed by atoms with Gasteiger partial charge in [-0.05, 0) is 38.4 Å². The Bertz CT molecular complexity index is 213. The zero-order valence-electron chi connectivity index (χ0n) is 6.57. The molecule has 1 aromatic rings. The van der Waals surface area contributed by atoms with Gasteiger partial charge in [0, 0.05) is 11.4 Å². The van der Waals surface area contributed by atoms with Crippen LogP contribution in [-0.4, -0.2) is 11.5 Å². The Balaban J connectivity index is 2.81. The highest BCUT2D eigenvalue weighted by atomic mass is 14.7. The summed E-state index contributed by atoms with van der Waals surface area (Å²) in [6.07, 6.45) is 0.958. The highest BCUT2D eigenvalue weighted by Crippen LogP contribution is 2.08. The zero-order valence-corrected chi connectivity index (χ0v) is 6.57. The minimum Gasteiger partial charge on any atom is -0.362 e. The van der Waals surface area contributed by atoms with Gasteiger partial charge in [-0.1, -0.05) is 0 Å². The summed E-state index contributed by atoms with van der Waals surface area (Å²) in [7, 11) is 0. The van der Waals surface area contributed by atoms with Crippen LogP contribution >= 0.6 is 0 Å². The van der Waals surface area contributed by atoms with Gasteiger partial charge in [0.2, 0.25) is 0 Å². The van der Waals surface area contributed by atoms with E-state index in [4.69, 9.17) is 5.73 Å². The first kappa shape index (κ1) is 7.35. The molecule has 3 N–H and O–H groups in total. The first-order valence-electron chi connectivity index (χ1n) is 3.59. The number of nitrogens with two attached hydrogens (primary N) is 1. The number of nitrogens with one attached hydrogen (secondary N) is 1. The number of aromatic nitrogens is 1. The highest BCUT2D eigenvalue weighted by Gasteiger charge is 1.98. The molecule has 0 atom stereocenters. The number of hydrogen-bond acceptors (Lipinski definition) is 1. The van der Waals surface area contributed by atoms with Crippen LogP contribution in [0.4, 0.5) is 0 Å². The maximum atomic E-state index is 5.42. The molecule has 0 saturated heterocycles. The van der Waals surface area contributed by atoms with Gasteiger partial charge in [-0.25, -0.2) is 0 Å². The Morgan fingerprint density at radius 2 is 2.20 bits per heavy atom. The van der Waals surface area contributed by atoms with Gasteiger partial charge in [0.05, 0.1) is 0 Å². The lowest BCUT2D eigenvalue weighted by Gasteiger charge is -1.94. The minimum absolute atomic E-state index is 0.723. The van der Waals surface area contributed by atoms with E-state index in [1.54, 1.807) is 0 Å². The van der Waals surface area contributed by atoms with Gasteiger partial charge in [0.1, 0.15) is 0 Å². The number of aryl methyl sites for hydroxylation is 2. The molecule has 0 fully saturated rings. The maximum Gasteiger partial charge on any atom is 0.0191 e. The summed E-state index contributed by atoms with van der Waals surface area (Å²) in [6.45, 7) is 4.89. The molecule has 0 aliphatic carbocycles. The fourth-order valence-corrected chi connectivity index (χ4v) is 1.19. The van der Waals surface area contributed by atoms with E-state index >= 15 is 0 Å². The van der Waals surface area contributed by atoms with Crippen LogP contribution in [0.15, 0.2) is 6.07 Å². The lowest BCUT2D eigenvalue weighted by Crippen LogP contribution is -2.03. The lowest BCUT2D eigenvalue weighted by molar-refractivity contribution is 0.920. The lowest BCUT2D eigenvalue weighted by atomic mass is 10.2. The molecule has 0 radical (unpaired) electrons. The molecule has 1 rings (SSSR count). The topological polar surface area (TPSA) is 41.8 Å². The van der Waals surface area contributed by atoms with Crippen molar-refractivity contribution < 1.29 is 0 Å². The Labute approximate surface area is 61.4 Å². The summed E-state index contributed by atoms with van der Waals surface area (Å²) in [6, 6.07) is 2.14. The summed E-state index contributed by atoms with van der Waals surface area (Å²) >= 11 is 0. The molecular weight excluding hydrogens is 124 g/mol. The number of rotatable bonds is 2. The van der Waals surface area contributed by atoms with E-state index in [0.29, 0.717) is 0 Å². The third-order valence-corrected chi connectivity index (χ3v) is 1.65. The molecule has 56 valence electrons. The molecule has 10 heavy (non-hydrogen) atoms. The van der Waals surface area contributed by atoms with E-state index in [0.717, 1.165) is 13.0 Å². The third-order valence-electron chi connectivity index (χ3n) is 1.65. The average molecular weight is 138 g/mol. The number of hydrogen-bond donors (Lipinski definition) is 2. The summed E-state index contributed by atoms with van der Waals surface area (Å²) in [5.74, 6) is 0. The van der Waals surface area contributed by atoms with Crippen LogP contribution in [0.2, 0.25) is 0 Å². The third kappa shape index (κ3) is 1.39. The molecule has 0 unspecified atom stereocenters. The van der Waals surface area contributed by atoms with Crippen molar-refractivity contribution in [1.29, 1.82) is 0 Å². The van der Waals surface area contributed by atoms with E-state index in [2.05, 4.69) is 24.9 Å². The molecule has 0 spiro atoms. The van der Waals surface area contributed by atoms with Crippen molar-refractivity contribution >= 4 is 0 Å². The number of H-pyrrole nitrogens is 1. The van der Waals surface area contributed by atoms with Crippen molar-refractivity contribution in [2.75, 3.05) is 6.54 Å². The Morgan fingerprint density at radius 1 is 1.50 bits per heavy atom. The zero-order chi connectivity index (χ0) is 7.56. The van der Waals surface area contributed by atoms with Crippen LogP contribution in [0.3, 0.4) is 0 Å². The van der Waals surface area contributed by atoms with E-state index in [-0.39, 0.29) is 0 Å². The van der Waals surface area contributed by atoms with E-state index in [1.807, 2.05) is 0 Å². The van der Waals surface area contributed by atoms with Gasteiger partial charge < -0.3 is 10.7 Å². The first-order chi connectivity index (χ1) is 4.74. The molecule has 1 aromatic heterocycles. The van der Waals surface area contributed by atoms with Crippen molar-refractivity contribution in [3.63, 3.8) is 0 Å². The van der Waals surface area contributed by atoms with Gasteiger partial charge in [-0.15, -0.1) is 0 Å². The Kier molecular flexibility index (Phi) is 2.12. The van der Waals surface area contributed by atoms with Crippen LogP contribution in [0, 0.1) is 13.8 Å². The highest BCUT2D eigenvalue weighted by molar-refractivity contribution is 5.23. The molecular formula is C8H14N2. The second kappa shape index (κ2) is 2.88. The largest absolute Gasteiger partial charge is 0.362 e. The van der Waals surface area contributed by atoms with Crippen molar-refractivity contribution in [1.82, 2.24) is 4.98 Å². The standard InChI is InChI=1S/C8H14N2/c1-6-5-7(2)10-8(6)3-4-9/h5,10H,3-4,9H2,1-2H3. The average Bonchev–Trinajstić information content (AvgIpc) is 2.13. The molecule has 0 amide bonds. The van der Waals surface area contributed by atoms with E-state index in [9.17, 15) is 0 Å². The fraction of sp³-hybridized carbons (Fsp3) is 0.500. The van der Waals surface area contributed by atoms with Gasteiger partial charge >= 0.3 is 0 Å². The molecule has 0 aliphatic heterocycles. The summed E-state index contributed by atoms with van der Waals surface area (Å²) in [5, 5.41) is 0. The minimum atomic E-state index is 0.723. The molecule has 1 heterocycles. The molecule has 2 heteroatoms. The van der Waals surface area contributed by atoms with Crippen molar-refractivity contribution in [3.05, 3.63) is 23.0 Å². The SMILES string of the molecule is Cc1cc(C)c(CCN)[nH]1. The smallest absolute Gasteiger partial charge is 0.0191 e. The summed E-state index contributed by atoms with van der Waals surface area (Å²) < 4.78 is 0. The maximum absolute atomic E-state index is 5.42. The molecule has 0 bridgehead atoms. The van der Waals surface area contributed by atoms with Crippen LogP contribution in [-0.2, 0) is 6.42 Å². The Morgan fingerprint density at radius 3 is 2.60 bits per heavy atom. The van der Waals surface area contributed by atoms with E-state index in [1.165, 1.54) is 17.0 Å². The molecule has 2 nitrogen and oxygen atoms in total. The predicted octanol–water partition coefficient (Wildman–Crippen LogP) is 1.13. The van der Waals surface area contributed by atoms with Gasteiger partial charge in [0.15, 0.2) is 0 Å². The van der Waals surface area contributed by atoms with Crippen LogP contribution < -0.4 is 5.73 Å². The molecule has 0 aliphatic rings. The molecule has 0 aromatic carbocycles. The predicted molar refractivity (Wildman–Crippen MR) is 43.0 cm³/mol. The fourth-order valence-electron chi connectivity index (χ4n) is 1.19. The van der Waals surface area contributed by atoms with Gasteiger partial charge in [0.25, 0.3) is 0 Å². The first-order valence-corrected chi connectivity index (χ1v) is 3.59. The Hall–Kier alpha value is -0.760. The monoisotopic (exact) mass is 138 g/mol. The van der Waals surface area contributed by atoms with Crippen molar-refractivity contribution in [2.45, 2.75) is 20.3 Å². The van der Waals surface area contributed by atoms with Crippen LogP contribution in [0.1, 0.15) is 17.0 Å². The van der Waals surface area contributed by atoms with E-state index < -0.39 is 0 Å². The van der Waals surface area contributed by atoms with Crippen LogP contribution in [0.5, 0.6) is 0 Å². The second-order valence-corrected chi connectivity index (χ2v) is 2.65. The normalized spacial score (nSPS) is 10.3. The van der Waals surface area contributed by atoms with Crippen LogP contribution in [0.25, 0.3) is 0 Å². The number of aromatic amines is 1. The van der Waals surface area contributed by atoms with Gasteiger partial charge in [-0.3, -0.25) is 0 Å². The van der Waals surface area contributed by atoms with Gasteiger partial charge in [-0.2, -0.15) is 0 Å². The molecule has 0 saturated carbocycles. The second-order valence-electron chi connectivity index (χ2n) is 2.65. The summed E-state index contributed by atoms with van der Waals surface area (Å²) in [5.41, 5.74) is 9.24. The quantitative estimate of drug-likeness (QED) is 0.632.